The highest BCUT2D eigenvalue weighted by molar-refractivity contribution is 6.36. The summed E-state index contributed by atoms with van der Waals surface area (Å²) in [5.41, 5.74) is 0.503. The molecule has 0 saturated carbocycles. The van der Waals surface area contributed by atoms with Gasteiger partial charge in [0.25, 0.3) is 11.7 Å². The van der Waals surface area contributed by atoms with Gasteiger partial charge in [-0.15, -0.1) is 16.7 Å². The molecule has 1 amide bonds. The van der Waals surface area contributed by atoms with Crippen molar-refractivity contribution in [2.75, 3.05) is 19.2 Å². The molecule has 2 heterocycles. The molecule has 0 radical (unpaired) electrons. The van der Waals surface area contributed by atoms with Crippen molar-refractivity contribution in [3.8, 4) is 11.8 Å². The molecule has 25 heavy (non-hydrogen) atoms. The first kappa shape index (κ1) is 17.3. The van der Waals surface area contributed by atoms with E-state index in [9.17, 15) is 18.0 Å². The van der Waals surface area contributed by atoms with E-state index in [1.807, 2.05) is 0 Å². The summed E-state index contributed by atoms with van der Waals surface area (Å²) in [7, 11) is 2.58. The largest absolute Gasteiger partial charge is 0.497 e. The van der Waals surface area contributed by atoms with Crippen LogP contribution < -0.4 is 14.5 Å². The lowest BCUT2D eigenvalue weighted by Gasteiger charge is -2.44. The first-order valence-corrected chi connectivity index (χ1v) is 7.41. The van der Waals surface area contributed by atoms with Gasteiger partial charge in [0.1, 0.15) is 17.2 Å². The molecule has 2 aromatic rings. The normalized spacial score (nSPS) is 20.4. The molecule has 3 rings (SSSR count). The number of nitrogens with zero attached hydrogens (tertiary/aromatic N) is 4. The molecule has 0 spiro atoms. The minimum Gasteiger partial charge on any atom is -0.497 e. The molecule has 1 saturated heterocycles. The molecule has 1 aliphatic heterocycles. The van der Waals surface area contributed by atoms with Crippen molar-refractivity contribution in [2.24, 2.45) is 0 Å². The molecular weight excluding hydrogens is 365 g/mol. The summed E-state index contributed by atoms with van der Waals surface area (Å²) < 4.78 is 50.1. The van der Waals surface area contributed by atoms with Crippen molar-refractivity contribution in [3.05, 3.63) is 35.7 Å². The van der Waals surface area contributed by atoms with Gasteiger partial charge < -0.3 is 9.47 Å². The average molecular weight is 377 g/mol. The van der Waals surface area contributed by atoms with Crippen molar-refractivity contribution in [1.29, 1.82) is 0 Å². The van der Waals surface area contributed by atoms with E-state index in [1.54, 1.807) is 24.3 Å². The highest BCUT2D eigenvalue weighted by Crippen LogP contribution is 2.41. The van der Waals surface area contributed by atoms with Gasteiger partial charge in [0.2, 0.25) is 0 Å². The third kappa shape index (κ3) is 2.76. The van der Waals surface area contributed by atoms with Gasteiger partial charge in [0.05, 0.1) is 14.2 Å². The minimum absolute atomic E-state index is 0.475. The van der Waals surface area contributed by atoms with Crippen LogP contribution in [0.3, 0.4) is 0 Å². The Balaban J connectivity index is 2.09. The van der Waals surface area contributed by atoms with Gasteiger partial charge in [-0.3, -0.25) is 4.79 Å². The molecule has 134 valence electrons. The number of benzene rings is 1. The molecule has 0 N–H and O–H groups in total. The number of methoxy groups -OCH3 is 2. The fourth-order valence-corrected chi connectivity index (χ4v) is 2.91. The predicted molar refractivity (Wildman–Crippen MR) is 80.2 cm³/mol. The highest BCUT2D eigenvalue weighted by Gasteiger charge is 2.53. The summed E-state index contributed by atoms with van der Waals surface area (Å²) in [5, 5.41) is 6.20. The molecule has 2 atom stereocenters. The van der Waals surface area contributed by atoms with Crippen molar-refractivity contribution < 1.29 is 27.4 Å². The number of alkyl halides is 4. The lowest BCUT2D eigenvalue weighted by atomic mass is 9.95. The Kier molecular flexibility index (Phi) is 4.23. The maximum Gasteiger partial charge on any atom is 0.453 e. The lowest BCUT2D eigenvalue weighted by molar-refractivity contribution is -0.149. The van der Waals surface area contributed by atoms with Crippen molar-refractivity contribution >= 4 is 17.5 Å². The monoisotopic (exact) mass is 376 g/mol. The Morgan fingerprint density at radius 3 is 2.52 bits per heavy atom. The number of halogens is 4. The molecule has 2 unspecified atom stereocenters. The lowest BCUT2D eigenvalue weighted by Crippen LogP contribution is -2.62. The number of carbonyl (C=O) groups excluding carboxylic acids is 1. The minimum atomic E-state index is -4.83. The first-order valence-electron chi connectivity index (χ1n) is 6.97. The first-order chi connectivity index (χ1) is 11.8. The topological polar surface area (TPSA) is 69.5 Å². The van der Waals surface area contributed by atoms with Gasteiger partial charge in [0, 0.05) is 0 Å². The van der Waals surface area contributed by atoms with Crippen molar-refractivity contribution in [3.63, 3.8) is 0 Å². The van der Waals surface area contributed by atoms with Crippen molar-refractivity contribution in [1.82, 2.24) is 14.9 Å². The third-order valence-electron chi connectivity index (χ3n) is 3.70. The number of carbonyl (C=O) groups is 1. The maximum absolute atomic E-state index is 13.2. The van der Waals surface area contributed by atoms with E-state index in [0.29, 0.717) is 16.0 Å². The second-order valence-corrected chi connectivity index (χ2v) is 5.60. The fourth-order valence-electron chi connectivity index (χ4n) is 2.56. The Labute approximate surface area is 144 Å². The number of hydrogen-bond donors (Lipinski definition) is 0. The molecular formula is C14H12ClF3N4O3. The standard InChI is InChI=1S/C14H12ClF3N4O3/c1-24-8-5-3-4-7(6-8)10-9(15)11(23)21(10)22-12(14(16,17)18)19-20-13(22)25-2/h3-6,9-10H,1-2H3. The second kappa shape index (κ2) is 6.10. The number of β-lactam (4-membered cyclic amide) rings is 1. The number of rotatable bonds is 4. The van der Waals surface area contributed by atoms with E-state index in [4.69, 9.17) is 21.1 Å². The highest BCUT2D eigenvalue weighted by atomic mass is 35.5. The van der Waals surface area contributed by atoms with Crippen LogP contribution in [0.2, 0.25) is 0 Å². The molecule has 1 fully saturated rings. The zero-order valence-corrected chi connectivity index (χ0v) is 13.7. The van der Waals surface area contributed by atoms with Gasteiger partial charge in [0.15, 0.2) is 0 Å². The van der Waals surface area contributed by atoms with Crippen molar-refractivity contribution in [2.45, 2.75) is 17.6 Å². The van der Waals surface area contributed by atoms with Crippen LogP contribution in [0.25, 0.3) is 0 Å². The van der Waals surface area contributed by atoms with Crippen LogP contribution in [0.5, 0.6) is 11.8 Å². The zero-order valence-electron chi connectivity index (χ0n) is 13.0. The molecule has 0 bridgehead atoms. The average Bonchev–Trinajstić information content (AvgIpc) is 3.02. The van der Waals surface area contributed by atoms with Crippen LogP contribution in [0, 0.1) is 0 Å². The number of hydrogen-bond acceptors (Lipinski definition) is 5. The quantitative estimate of drug-likeness (QED) is 0.604. The summed E-state index contributed by atoms with van der Waals surface area (Å²) in [6, 6.07) is 5.19. The van der Waals surface area contributed by atoms with E-state index in [0.717, 1.165) is 12.1 Å². The SMILES string of the molecule is COc1cccc(C2C(Cl)C(=O)N2n2c(OC)nnc2C(F)(F)F)c1. The number of ether oxygens (including phenoxy) is 2. The second-order valence-electron chi connectivity index (χ2n) is 5.13. The van der Waals surface area contributed by atoms with Gasteiger partial charge >= 0.3 is 12.2 Å². The molecule has 1 aromatic heterocycles. The van der Waals surface area contributed by atoms with E-state index in [2.05, 4.69) is 10.2 Å². The van der Waals surface area contributed by atoms with Crippen LogP contribution >= 0.6 is 11.6 Å². The predicted octanol–water partition coefficient (Wildman–Crippen LogP) is 2.14. The maximum atomic E-state index is 13.2. The Bertz CT molecular complexity index is 811. The van der Waals surface area contributed by atoms with E-state index in [1.165, 1.54) is 7.11 Å². The molecule has 1 aromatic carbocycles. The molecule has 7 nitrogen and oxygen atoms in total. The van der Waals surface area contributed by atoms with Crippen LogP contribution in [0.1, 0.15) is 17.4 Å². The molecule has 11 heteroatoms. The van der Waals surface area contributed by atoms with Gasteiger partial charge in [-0.25, -0.2) is 5.01 Å². The summed E-state index contributed by atoms with van der Waals surface area (Å²) in [5.74, 6) is -1.63. The third-order valence-corrected chi connectivity index (χ3v) is 4.13. The Morgan fingerprint density at radius 2 is 1.92 bits per heavy atom. The fraction of sp³-hybridized carbons (Fsp3) is 0.357. The molecule has 1 aliphatic rings. The van der Waals surface area contributed by atoms with Gasteiger partial charge in [-0.1, -0.05) is 17.2 Å². The van der Waals surface area contributed by atoms with Gasteiger partial charge in [-0.05, 0) is 17.7 Å². The summed E-state index contributed by atoms with van der Waals surface area (Å²) in [6.07, 6.45) is -4.83. The van der Waals surface area contributed by atoms with Crippen LogP contribution in [-0.4, -0.2) is 40.4 Å². The van der Waals surface area contributed by atoms with E-state index >= 15 is 0 Å². The van der Waals surface area contributed by atoms with E-state index < -0.39 is 35.3 Å². The number of aromatic nitrogens is 3. The summed E-state index contributed by atoms with van der Waals surface area (Å²) in [4.78, 5) is 12.2. The van der Waals surface area contributed by atoms with Crippen LogP contribution in [0.4, 0.5) is 13.2 Å². The van der Waals surface area contributed by atoms with Gasteiger partial charge in [-0.2, -0.15) is 17.8 Å². The molecule has 0 aliphatic carbocycles. The Morgan fingerprint density at radius 1 is 1.20 bits per heavy atom. The van der Waals surface area contributed by atoms with Crippen LogP contribution in [-0.2, 0) is 11.0 Å². The van der Waals surface area contributed by atoms with E-state index in [-0.39, 0.29) is 0 Å². The summed E-state index contributed by atoms with van der Waals surface area (Å²) in [6.45, 7) is 0. The Hall–Kier alpha value is -2.49. The smallest absolute Gasteiger partial charge is 0.453 e. The zero-order chi connectivity index (χ0) is 18.4. The van der Waals surface area contributed by atoms with Crippen LogP contribution in [0.15, 0.2) is 24.3 Å². The summed E-state index contributed by atoms with van der Waals surface area (Å²) >= 11 is 6.06. The number of amides is 1.